The zero-order chi connectivity index (χ0) is 10.4. The van der Waals surface area contributed by atoms with Crippen LogP contribution in [0.1, 0.15) is 11.3 Å². The van der Waals surface area contributed by atoms with Gasteiger partial charge in [0.05, 0.1) is 10.7 Å². The van der Waals surface area contributed by atoms with Crippen molar-refractivity contribution >= 4 is 25.4 Å². The highest BCUT2D eigenvalue weighted by Crippen LogP contribution is 2.06. The van der Waals surface area contributed by atoms with Gasteiger partial charge < -0.3 is 0 Å². The normalized spacial score (nSPS) is 11.1. The molecule has 1 rings (SSSR count). The second kappa shape index (κ2) is 5.40. The predicted molar refractivity (Wildman–Crippen MR) is 64.7 cm³/mol. The molecule has 0 radical (unpaired) electrons. The van der Waals surface area contributed by atoms with Gasteiger partial charge >= 0.3 is 0 Å². The van der Waals surface area contributed by atoms with Crippen LogP contribution in [-0.4, -0.2) is 11.7 Å². The van der Waals surface area contributed by atoms with Crippen molar-refractivity contribution in [2.75, 3.05) is 0 Å². The van der Waals surface area contributed by atoms with Gasteiger partial charge in [-0.1, -0.05) is 12.6 Å². The Morgan fingerprint density at radius 1 is 1.57 bits per heavy atom. The monoisotopic (exact) mass is 204 g/mol. The van der Waals surface area contributed by atoms with Crippen molar-refractivity contribution in [3.05, 3.63) is 47.3 Å². The van der Waals surface area contributed by atoms with Crippen LogP contribution >= 0.6 is 12.6 Å². The van der Waals surface area contributed by atoms with Crippen molar-refractivity contribution in [1.82, 2.24) is 4.98 Å². The Labute approximate surface area is 89.5 Å². The summed E-state index contributed by atoms with van der Waals surface area (Å²) in [6.07, 6.45) is 6.19. The van der Waals surface area contributed by atoms with Crippen molar-refractivity contribution in [1.29, 1.82) is 0 Å². The number of aliphatic imine (C=N–C) groups is 1. The van der Waals surface area contributed by atoms with Gasteiger partial charge in [0.2, 0.25) is 0 Å². The van der Waals surface area contributed by atoms with Crippen molar-refractivity contribution < 1.29 is 0 Å². The summed E-state index contributed by atoms with van der Waals surface area (Å²) in [7, 11) is 0. The third-order valence-corrected chi connectivity index (χ3v) is 2.06. The molecule has 2 nitrogen and oxygen atoms in total. The van der Waals surface area contributed by atoms with E-state index < -0.39 is 0 Å². The Balaban J connectivity index is 2.69. The Kier molecular flexibility index (Phi) is 4.13. The summed E-state index contributed by atoms with van der Waals surface area (Å²) in [6, 6.07) is 3.93. The molecule has 0 amide bonds. The highest BCUT2D eigenvalue weighted by molar-refractivity contribution is 7.84. The molecule has 0 aromatic carbocycles. The van der Waals surface area contributed by atoms with Gasteiger partial charge in [-0.25, -0.2) is 0 Å². The highest BCUT2D eigenvalue weighted by Gasteiger charge is 1.92. The van der Waals surface area contributed by atoms with E-state index in [1.807, 2.05) is 24.4 Å². The minimum atomic E-state index is 0.637. The molecule has 0 saturated carbocycles. The van der Waals surface area contributed by atoms with E-state index in [9.17, 15) is 0 Å². The maximum absolute atomic E-state index is 4.18. The van der Waals surface area contributed by atoms with Crippen LogP contribution in [-0.2, 0) is 6.42 Å². The van der Waals surface area contributed by atoms with Crippen LogP contribution < -0.4 is 0 Å². The molecule has 0 saturated heterocycles. The molecule has 0 fully saturated rings. The standard InChI is InChI=1S/C11H12N2S/c1-3-10-6-4-9(8-13-10)5-7-11(14)12-2/h3-4,6-8,14H,1-2,5H2/b11-7+. The zero-order valence-electron chi connectivity index (χ0n) is 7.85. The molecule has 3 heteroatoms. The summed E-state index contributed by atoms with van der Waals surface area (Å²) in [5.74, 6) is 0. The molecular weight excluding hydrogens is 192 g/mol. The summed E-state index contributed by atoms with van der Waals surface area (Å²) >= 11 is 4.09. The lowest BCUT2D eigenvalue weighted by molar-refractivity contribution is 1.17. The number of aromatic nitrogens is 1. The molecule has 1 aromatic heterocycles. The molecule has 0 aliphatic rings. The molecule has 0 spiro atoms. The Hall–Kier alpha value is -1.35. The Morgan fingerprint density at radius 2 is 2.36 bits per heavy atom. The first-order chi connectivity index (χ1) is 6.76. The molecule has 0 atom stereocenters. The maximum atomic E-state index is 4.18. The smallest absolute Gasteiger partial charge is 0.0885 e. The van der Waals surface area contributed by atoms with Crippen LogP contribution in [0, 0.1) is 0 Å². The first-order valence-corrected chi connectivity index (χ1v) is 4.64. The fraction of sp³-hybridized carbons (Fsp3) is 0.0909. The summed E-state index contributed by atoms with van der Waals surface area (Å²) in [6.45, 7) is 7.01. The molecule has 0 unspecified atom stereocenters. The van der Waals surface area contributed by atoms with Crippen LogP contribution in [0.5, 0.6) is 0 Å². The second-order valence-electron chi connectivity index (χ2n) is 2.72. The molecule has 1 heterocycles. The highest BCUT2D eigenvalue weighted by atomic mass is 32.1. The molecule has 14 heavy (non-hydrogen) atoms. The minimum Gasteiger partial charge on any atom is -0.258 e. The Bertz CT molecular complexity index is 352. The third-order valence-electron chi connectivity index (χ3n) is 1.74. The van der Waals surface area contributed by atoms with E-state index >= 15 is 0 Å². The van der Waals surface area contributed by atoms with Gasteiger partial charge in [-0.3, -0.25) is 9.98 Å². The molecule has 0 aliphatic heterocycles. The number of thiol groups is 1. The predicted octanol–water partition coefficient (Wildman–Crippen LogP) is 2.74. The van der Waals surface area contributed by atoms with Crippen molar-refractivity contribution in [2.45, 2.75) is 6.42 Å². The first kappa shape index (κ1) is 10.7. The number of hydrogen-bond donors (Lipinski definition) is 1. The van der Waals surface area contributed by atoms with E-state index in [1.165, 1.54) is 0 Å². The van der Waals surface area contributed by atoms with E-state index in [1.54, 1.807) is 6.08 Å². The number of allylic oxidation sites excluding steroid dienone is 1. The zero-order valence-corrected chi connectivity index (χ0v) is 8.74. The first-order valence-electron chi connectivity index (χ1n) is 4.19. The van der Waals surface area contributed by atoms with E-state index in [0.29, 0.717) is 5.03 Å². The van der Waals surface area contributed by atoms with Crippen LogP contribution in [0.25, 0.3) is 6.08 Å². The molecule has 0 aliphatic carbocycles. The maximum Gasteiger partial charge on any atom is 0.0885 e. The topological polar surface area (TPSA) is 25.2 Å². The van der Waals surface area contributed by atoms with E-state index in [-0.39, 0.29) is 0 Å². The lowest BCUT2D eigenvalue weighted by Gasteiger charge is -1.97. The molecule has 0 N–H and O–H groups in total. The summed E-state index contributed by atoms with van der Waals surface area (Å²) in [5.41, 5.74) is 2.00. The van der Waals surface area contributed by atoms with E-state index in [4.69, 9.17) is 0 Å². The van der Waals surface area contributed by atoms with Crippen LogP contribution in [0.4, 0.5) is 0 Å². The van der Waals surface area contributed by atoms with E-state index in [2.05, 4.69) is 35.9 Å². The van der Waals surface area contributed by atoms with Gasteiger partial charge in [-0.15, -0.1) is 12.6 Å². The minimum absolute atomic E-state index is 0.637. The van der Waals surface area contributed by atoms with Crippen molar-refractivity contribution in [3.63, 3.8) is 0 Å². The van der Waals surface area contributed by atoms with Gasteiger partial charge in [0.15, 0.2) is 0 Å². The van der Waals surface area contributed by atoms with Gasteiger partial charge in [-0.2, -0.15) is 0 Å². The summed E-state index contributed by atoms with van der Waals surface area (Å²) < 4.78 is 0. The third kappa shape index (κ3) is 3.18. The van der Waals surface area contributed by atoms with Crippen molar-refractivity contribution in [3.8, 4) is 0 Å². The van der Waals surface area contributed by atoms with E-state index in [0.717, 1.165) is 17.7 Å². The van der Waals surface area contributed by atoms with Gasteiger partial charge in [0.1, 0.15) is 0 Å². The average molecular weight is 204 g/mol. The number of hydrogen-bond acceptors (Lipinski definition) is 3. The van der Waals surface area contributed by atoms with Crippen LogP contribution in [0.3, 0.4) is 0 Å². The summed E-state index contributed by atoms with van der Waals surface area (Å²) in [5, 5.41) is 0.637. The largest absolute Gasteiger partial charge is 0.258 e. The molecule has 72 valence electrons. The van der Waals surface area contributed by atoms with Crippen LogP contribution in [0.15, 0.2) is 41.0 Å². The van der Waals surface area contributed by atoms with Gasteiger partial charge in [0, 0.05) is 6.20 Å². The molecule has 0 bridgehead atoms. The Morgan fingerprint density at radius 3 is 2.86 bits per heavy atom. The SMILES string of the molecule is C=Cc1ccc(C/C=C(/S)N=C)cn1. The summed E-state index contributed by atoms with van der Waals surface area (Å²) in [4.78, 5) is 7.86. The number of rotatable bonds is 4. The van der Waals surface area contributed by atoms with Crippen LogP contribution in [0.2, 0.25) is 0 Å². The average Bonchev–Trinajstić information content (AvgIpc) is 2.26. The quantitative estimate of drug-likeness (QED) is 0.592. The number of pyridine rings is 1. The lowest BCUT2D eigenvalue weighted by Crippen LogP contribution is -1.85. The van der Waals surface area contributed by atoms with Gasteiger partial charge in [0.25, 0.3) is 0 Å². The second-order valence-corrected chi connectivity index (χ2v) is 3.18. The fourth-order valence-electron chi connectivity index (χ4n) is 0.951. The van der Waals surface area contributed by atoms with Gasteiger partial charge in [-0.05, 0) is 36.9 Å². The number of nitrogens with zero attached hydrogens (tertiary/aromatic N) is 2. The lowest BCUT2D eigenvalue weighted by atomic mass is 10.2. The van der Waals surface area contributed by atoms with Crippen molar-refractivity contribution in [2.24, 2.45) is 4.99 Å². The fourth-order valence-corrected chi connectivity index (χ4v) is 1.04. The molecule has 1 aromatic rings. The molecular formula is C11H12N2S.